The Hall–Kier alpha value is -1.95. The number of nitrogens with zero attached hydrogens (tertiary/aromatic N) is 3. The molecule has 0 spiro atoms. The molecule has 0 aliphatic heterocycles. The van der Waals surface area contributed by atoms with Gasteiger partial charge in [-0.1, -0.05) is 18.2 Å². The van der Waals surface area contributed by atoms with E-state index in [1.54, 1.807) is 0 Å². The molecule has 18 heavy (non-hydrogen) atoms. The Balaban J connectivity index is 2.14. The first-order chi connectivity index (χ1) is 8.56. The molecule has 0 radical (unpaired) electrons. The summed E-state index contributed by atoms with van der Waals surface area (Å²) in [6, 6.07) is 7.68. The molecule has 0 unspecified atom stereocenters. The lowest BCUT2D eigenvalue weighted by atomic mass is 10.1. The monoisotopic (exact) mass is 261 g/mol. The fourth-order valence-corrected chi connectivity index (χ4v) is 2.25. The second-order valence-electron chi connectivity index (χ2n) is 4.09. The lowest BCUT2D eigenvalue weighted by Crippen LogP contribution is -2.17. The normalized spacial score (nSPS) is 10.3. The molecular formula is C12H15N5S. The van der Waals surface area contributed by atoms with E-state index in [4.69, 9.17) is 11.1 Å². The summed E-state index contributed by atoms with van der Waals surface area (Å²) in [7, 11) is 1.97. The minimum atomic E-state index is 0.0891. The molecule has 3 N–H and O–H groups in total. The first kappa shape index (κ1) is 12.5. The lowest BCUT2D eigenvalue weighted by Gasteiger charge is -2.15. The van der Waals surface area contributed by atoms with Gasteiger partial charge in [0, 0.05) is 30.7 Å². The van der Waals surface area contributed by atoms with Crippen LogP contribution in [0.15, 0.2) is 24.3 Å². The Morgan fingerprint density at radius 3 is 2.89 bits per heavy atom. The SMILES string of the molecule is Cc1nsc(N(C)Cc2cccc(C(=N)N)c2)n1. The van der Waals surface area contributed by atoms with Gasteiger partial charge in [-0.05, 0) is 18.6 Å². The number of nitrogen functional groups attached to an aromatic ring is 1. The first-order valence-electron chi connectivity index (χ1n) is 5.51. The van der Waals surface area contributed by atoms with Crippen LogP contribution in [0.1, 0.15) is 17.0 Å². The number of anilines is 1. The standard InChI is InChI=1S/C12H15N5S/c1-8-15-12(18-16-8)17(2)7-9-4-3-5-10(6-9)11(13)14/h3-6H,7H2,1-2H3,(H3,13,14). The van der Waals surface area contributed by atoms with Crippen molar-refractivity contribution >= 4 is 22.5 Å². The molecule has 0 amide bonds. The molecule has 0 bridgehead atoms. The average Bonchev–Trinajstić information content (AvgIpc) is 2.76. The van der Waals surface area contributed by atoms with Crippen molar-refractivity contribution < 1.29 is 0 Å². The molecular weight excluding hydrogens is 246 g/mol. The van der Waals surface area contributed by atoms with Crippen LogP contribution in [-0.2, 0) is 6.54 Å². The van der Waals surface area contributed by atoms with Gasteiger partial charge in [0.2, 0.25) is 5.13 Å². The highest BCUT2D eigenvalue weighted by Crippen LogP contribution is 2.18. The summed E-state index contributed by atoms with van der Waals surface area (Å²) in [5.41, 5.74) is 7.32. The number of hydrogen-bond donors (Lipinski definition) is 2. The first-order valence-corrected chi connectivity index (χ1v) is 6.28. The minimum Gasteiger partial charge on any atom is -0.384 e. The van der Waals surface area contributed by atoms with Gasteiger partial charge in [0.1, 0.15) is 11.7 Å². The van der Waals surface area contributed by atoms with Crippen LogP contribution >= 0.6 is 11.5 Å². The van der Waals surface area contributed by atoms with Crippen molar-refractivity contribution in [1.82, 2.24) is 9.36 Å². The van der Waals surface area contributed by atoms with E-state index in [1.807, 2.05) is 43.1 Å². The maximum atomic E-state index is 7.43. The van der Waals surface area contributed by atoms with E-state index >= 15 is 0 Å². The Bertz CT molecular complexity index is 563. The zero-order chi connectivity index (χ0) is 13.1. The number of aryl methyl sites for hydroxylation is 1. The summed E-state index contributed by atoms with van der Waals surface area (Å²) < 4.78 is 4.16. The van der Waals surface area contributed by atoms with Gasteiger partial charge in [-0.25, -0.2) is 4.98 Å². The van der Waals surface area contributed by atoms with E-state index in [1.165, 1.54) is 11.5 Å². The summed E-state index contributed by atoms with van der Waals surface area (Å²) in [5, 5.41) is 8.32. The highest BCUT2D eigenvalue weighted by Gasteiger charge is 2.07. The molecule has 0 saturated carbocycles. The van der Waals surface area contributed by atoms with Crippen LogP contribution in [0.3, 0.4) is 0 Å². The van der Waals surface area contributed by atoms with Gasteiger partial charge in [-0.2, -0.15) is 4.37 Å². The minimum absolute atomic E-state index is 0.0891. The number of rotatable bonds is 4. The molecule has 0 aliphatic carbocycles. The Morgan fingerprint density at radius 2 is 2.28 bits per heavy atom. The molecule has 6 heteroatoms. The van der Waals surface area contributed by atoms with Crippen molar-refractivity contribution in [2.24, 2.45) is 5.73 Å². The van der Waals surface area contributed by atoms with Gasteiger partial charge in [-0.3, -0.25) is 5.41 Å². The Labute approximate surface area is 110 Å². The highest BCUT2D eigenvalue weighted by molar-refractivity contribution is 7.09. The van der Waals surface area contributed by atoms with E-state index in [9.17, 15) is 0 Å². The zero-order valence-electron chi connectivity index (χ0n) is 10.3. The molecule has 94 valence electrons. The lowest BCUT2D eigenvalue weighted by molar-refractivity contribution is 0.909. The van der Waals surface area contributed by atoms with Gasteiger partial charge in [0.15, 0.2) is 0 Å². The second kappa shape index (κ2) is 5.14. The molecule has 5 nitrogen and oxygen atoms in total. The van der Waals surface area contributed by atoms with Crippen LogP contribution in [0.4, 0.5) is 5.13 Å². The zero-order valence-corrected chi connectivity index (χ0v) is 11.2. The van der Waals surface area contributed by atoms with Gasteiger partial charge in [0.05, 0.1) is 0 Å². The van der Waals surface area contributed by atoms with Crippen LogP contribution < -0.4 is 10.6 Å². The molecule has 0 aliphatic rings. The van der Waals surface area contributed by atoms with Crippen LogP contribution in [0.5, 0.6) is 0 Å². The number of hydrogen-bond acceptors (Lipinski definition) is 5. The topological polar surface area (TPSA) is 78.9 Å². The predicted molar refractivity (Wildman–Crippen MR) is 74.2 cm³/mol. The van der Waals surface area contributed by atoms with E-state index in [0.717, 1.165) is 28.6 Å². The van der Waals surface area contributed by atoms with Crippen LogP contribution in [0.2, 0.25) is 0 Å². The second-order valence-corrected chi connectivity index (χ2v) is 4.82. The smallest absolute Gasteiger partial charge is 0.205 e. The molecule has 0 fully saturated rings. The maximum Gasteiger partial charge on any atom is 0.205 e. The number of benzene rings is 1. The molecule has 0 saturated heterocycles. The third kappa shape index (κ3) is 2.84. The number of aromatic nitrogens is 2. The van der Waals surface area contributed by atoms with Gasteiger partial charge in [0.25, 0.3) is 0 Å². The van der Waals surface area contributed by atoms with Crippen molar-refractivity contribution in [2.45, 2.75) is 13.5 Å². The summed E-state index contributed by atoms with van der Waals surface area (Å²) in [6.07, 6.45) is 0. The number of nitrogens with two attached hydrogens (primary N) is 1. The van der Waals surface area contributed by atoms with Crippen molar-refractivity contribution in [3.05, 3.63) is 41.2 Å². The van der Waals surface area contributed by atoms with Crippen molar-refractivity contribution in [3.8, 4) is 0 Å². The fraction of sp³-hybridized carbons (Fsp3) is 0.250. The van der Waals surface area contributed by atoms with Crippen LogP contribution in [0.25, 0.3) is 0 Å². The van der Waals surface area contributed by atoms with Gasteiger partial charge in [-0.15, -0.1) is 0 Å². The van der Waals surface area contributed by atoms with E-state index in [-0.39, 0.29) is 5.84 Å². The Kier molecular flexibility index (Phi) is 3.57. The van der Waals surface area contributed by atoms with Crippen molar-refractivity contribution in [1.29, 1.82) is 5.41 Å². The van der Waals surface area contributed by atoms with Crippen molar-refractivity contribution in [3.63, 3.8) is 0 Å². The molecule has 1 aromatic heterocycles. The maximum absolute atomic E-state index is 7.43. The third-order valence-corrected chi connectivity index (χ3v) is 3.42. The third-order valence-electron chi connectivity index (χ3n) is 2.50. The highest BCUT2D eigenvalue weighted by atomic mass is 32.1. The summed E-state index contributed by atoms with van der Waals surface area (Å²) in [5.74, 6) is 0.880. The van der Waals surface area contributed by atoms with Gasteiger partial charge < -0.3 is 10.6 Å². The average molecular weight is 261 g/mol. The number of amidine groups is 1. The molecule has 2 aromatic rings. The van der Waals surface area contributed by atoms with E-state index in [0.29, 0.717) is 0 Å². The fourth-order valence-electron chi connectivity index (χ4n) is 1.62. The summed E-state index contributed by atoms with van der Waals surface area (Å²) in [4.78, 5) is 6.36. The van der Waals surface area contributed by atoms with E-state index in [2.05, 4.69) is 9.36 Å². The van der Waals surface area contributed by atoms with Gasteiger partial charge >= 0.3 is 0 Å². The number of nitrogens with one attached hydrogen (secondary N) is 1. The van der Waals surface area contributed by atoms with Crippen molar-refractivity contribution in [2.75, 3.05) is 11.9 Å². The van der Waals surface area contributed by atoms with E-state index < -0.39 is 0 Å². The summed E-state index contributed by atoms with van der Waals surface area (Å²) >= 11 is 1.39. The summed E-state index contributed by atoms with van der Waals surface area (Å²) in [6.45, 7) is 2.60. The predicted octanol–water partition coefficient (Wildman–Crippen LogP) is 1.77. The largest absolute Gasteiger partial charge is 0.384 e. The van der Waals surface area contributed by atoms with Crippen LogP contribution in [-0.4, -0.2) is 22.2 Å². The quantitative estimate of drug-likeness (QED) is 0.649. The molecule has 1 aromatic carbocycles. The Morgan fingerprint density at radius 1 is 1.50 bits per heavy atom. The molecule has 2 rings (SSSR count). The van der Waals surface area contributed by atoms with Crippen LogP contribution in [0, 0.1) is 12.3 Å². The molecule has 0 atom stereocenters. The molecule has 1 heterocycles.